The van der Waals surface area contributed by atoms with Crippen LogP contribution in [0.15, 0.2) is 47.4 Å². The lowest BCUT2D eigenvalue weighted by Crippen LogP contribution is -2.40. The van der Waals surface area contributed by atoms with Gasteiger partial charge in [-0.2, -0.15) is 10.1 Å². The molecule has 0 aliphatic carbocycles. The van der Waals surface area contributed by atoms with E-state index in [1.807, 2.05) is 37.4 Å². The number of aromatic nitrogens is 6. The Bertz CT molecular complexity index is 2170. The molecule has 0 spiro atoms. The van der Waals surface area contributed by atoms with Crippen LogP contribution < -0.4 is 26.5 Å². The Morgan fingerprint density at radius 2 is 1.74 bits per heavy atom. The molecule has 262 valence electrons. The van der Waals surface area contributed by atoms with Crippen LogP contribution in [0.5, 0.6) is 0 Å². The van der Waals surface area contributed by atoms with Crippen LogP contribution in [0.1, 0.15) is 57.6 Å². The molecule has 0 bridgehead atoms. The first kappa shape index (κ1) is 33.5. The van der Waals surface area contributed by atoms with Crippen molar-refractivity contribution in [3.8, 4) is 0 Å². The van der Waals surface area contributed by atoms with Gasteiger partial charge in [-0.3, -0.25) is 28.7 Å². The maximum atomic E-state index is 13.0. The van der Waals surface area contributed by atoms with Gasteiger partial charge in [-0.15, -0.1) is 0 Å². The fourth-order valence-electron chi connectivity index (χ4n) is 6.87. The largest absolute Gasteiger partial charge is 0.390 e. The van der Waals surface area contributed by atoms with Crippen LogP contribution in [-0.2, 0) is 30.2 Å². The summed E-state index contributed by atoms with van der Waals surface area (Å²) in [7, 11) is 3.61. The molecular weight excluding hydrogens is 660 g/mol. The topological polar surface area (TPSA) is 164 Å². The minimum atomic E-state index is -0.897. The number of halogens is 1. The Morgan fingerprint density at radius 1 is 1.00 bits per heavy atom. The fraction of sp³-hybridized carbons (Fsp3) is 0.429. The number of hydrogen-bond acceptors (Lipinski definition) is 10. The van der Waals surface area contributed by atoms with Crippen molar-refractivity contribution in [1.29, 1.82) is 0 Å². The highest BCUT2D eigenvalue weighted by Crippen LogP contribution is 2.33. The van der Waals surface area contributed by atoms with Crippen molar-refractivity contribution in [1.82, 2.24) is 34.2 Å². The third kappa shape index (κ3) is 6.64. The van der Waals surface area contributed by atoms with E-state index in [2.05, 4.69) is 37.0 Å². The minimum absolute atomic E-state index is 0.141. The summed E-state index contributed by atoms with van der Waals surface area (Å²) >= 11 is 6.55. The number of piperidine rings is 2. The fourth-order valence-corrected chi connectivity index (χ4v) is 7.01. The Balaban J connectivity index is 1.01. The van der Waals surface area contributed by atoms with Crippen molar-refractivity contribution in [2.24, 2.45) is 14.1 Å². The molecule has 2 fully saturated rings. The number of carbonyl (C=O) groups excluding carboxylic acids is 2. The molecule has 1 unspecified atom stereocenters. The zero-order valence-corrected chi connectivity index (χ0v) is 29.3. The van der Waals surface area contributed by atoms with Crippen LogP contribution in [0, 0.1) is 0 Å². The average Bonchev–Trinajstić information content (AvgIpc) is 3.52. The summed E-state index contributed by atoms with van der Waals surface area (Å²) in [6.07, 6.45) is 4.54. The Kier molecular flexibility index (Phi) is 8.76. The summed E-state index contributed by atoms with van der Waals surface area (Å²) in [6, 6.07) is 12.0. The maximum absolute atomic E-state index is 13.0. The van der Waals surface area contributed by atoms with E-state index < -0.39 is 11.5 Å². The quantitative estimate of drug-likeness (QED) is 0.164. The number of anilines is 4. The van der Waals surface area contributed by atoms with Crippen molar-refractivity contribution >= 4 is 68.5 Å². The molecule has 1 atom stereocenters. The second-order valence-corrected chi connectivity index (χ2v) is 14.3. The van der Waals surface area contributed by atoms with Gasteiger partial charge in [0.1, 0.15) is 5.02 Å². The van der Waals surface area contributed by atoms with Crippen LogP contribution in [0.3, 0.4) is 0 Å². The molecule has 0 radical (unpaired) electrons. The van der Waals surface area contributed by atoms with Gasteiger partial charge >= 0.3 is 5.69 Å². The predicted molar refractivity (Wildman–Crippen MR) is 193 cm³/mol. The number of rotatable bonds is 9. The minimum Gasteiger partial charge on any atom is -0.390 e. The Hall–Kier alpha value is -4.95. The van der Waals surface area contributed by atoms with Crippen LogP contribution in [0.2, 0.25) is 5.02 Å². The number of carbonyl (C=O) groups is 2. The normalized spacial score (nSPS) is 17.5. The number of imide groups is 1. The first-order valence-corrected chi connectivity index (χ1v) is 17.3. The first-order chi connectivity index (χ1) is 23.8. The smallest absolute Gasteiger partial charge is 0.328 e. The van der Waals surface area contributed by atoms with E-state index in [4.69, 9.17) is 16.6 Å². The lowest BCUT2D eigenvalue weighted by molar-refractivity contribution is -0.134. The van der Waals surface area contributed by atoms with Crippen LogP contribution in [0.25, 0.3) is 21.9 Å². The number of benzene rings is 2. The first-order valence-electron chi connectivity index (χ1n) is 16.9. The molecule has 5 heterocycles. The SMILES string of the molecule is Cn1nc(C2CCC(=O)NC2=O)c2ccc(NC3CCN(c4ncc(Cl)c(Nc5ccc6c(c5)n(CCC(C)(C)O)c(=O)n6C)n4)CC3)cc21. The van der Waals surface area contributed by atoms with Crippen molar-refractivity contribution in [3.05, 3.63) is 63.8 Å². The molecule has 7 rings (SSSR count). The molecule has 2 amide bonds. The highest BCUT2D eigenvalue weighted by molar-refractivity contribution is 6.33. The monoisotopic (exact) mass is 700 g/mol. The number of nitrogens with one attached hydrogen (secondary N) is 3. The standard InChI is InChI=1S/C35H41ClN10O4/c1-35(2,50)13-16-46-28-18-22(6-9-26(28)43(3)34(46)49)39-31-25(36)19-37-33(41-31)45-14-11-20(12-15-45)38-21-5-7-23-27(17-21)44(4)42-30(23)24-8-10-29(47)40-32(24)48/h5-7,9,17-20,24,38,50H,8,10-16H2,1-4H3,(H,37,39,41)(H,40,47,48). The Labute approximate surface area is 293 Å². The van der Waals surface area contributed by atoms with Gasteiger partial charge in [-0.05, 0) is 75.9 Å². The number of aliphatic hydroxyl groups is 1. The molecular formula is C35H41ClN10O4. The van der Waals surface area contributed by atoms with Crippen LogP contribution in [-0.4, -0.2) is 70.5 Å². The molecule has 50 heavy (non-hydrogen) atoms. The van der Waals surface area contributed by atoms with Gasteiger partial charge in [0, 0.05) is 63.0 Å². The molecule has 3 aromatic heterocycles. The molecule has 2 aliphatic heterocycles. The van der Waals surface area contributed by atoms with Gasteiger partial charge in [-0.25, -0.2) is 9.78 Å². The van der Waals surface area contributed by atoms with Gasteiger partial charge in [0.15, 0.2) is 5.82 Å². The van der Waals surface area contributed by atoms with E-state index >= 15 is 0 Å². The summed E-state index contributed by atoms with van der Waals surface area (Å²) < 4.78 is 5.08. The highest BCUT2D eigenvalue weighted by atomic mass is 35.5. The van der Waals surface area contributed by atoms with Crippen LogP contribution >= 0.6 is 11.6 Å². The molecule has 2 saturated heterocycles. The van der Waals surface area contributed by atoms with Gasteiger partial charge in [-0.1, -0.05) is 11.6 Å². The number of fused-ring (bicyclic) bond motifs is 2. The van der Waals surface area contributed by atoms with E-state index in [0.29, 0.717) is 48.3 Å². The highest BCUT2D eigenvalue weighted by Gasteiger charge is 2.32. The van der Waals surface area contributed by atoms with Crippen molar-refractivity contribution in [2.45, 2.75) is 70.1 Å². The number of nitrogens with zero attached hydrogens (tertiary/aromatic N) is 7. The van der Waals surface area contributed by atoms with E-state index in [1.165, 1.54) is 0 Å². The van der Waals surface area contributed by atoms with Gasteiger partial charge in [0.05, 0.1) is 40.0 Å². The van der Waals surface area contributed by atoms with E-state index in [0.717, 1.165) is 59.2 Å². The second kappa shape index (κ2) is 13.1. The molecule has 15 heteroatoms. The summed E-state index contributed by atoms with van der Waals surface area (Å²) in [5.41, 5.74) is 3.83. The van der Waals surface area contributed by atoms with Crippen molar-refractivity contribution < 1.29 is 14.7 Å². The van der Waals surface area contributed by atoms with Gasteiger partial charge < -0.3 is 20.6 Å². The second-order valence-electron chi connectivity index (χ2n) is 13.9. The van der Waals surface area contributed by atoms with E-state index in [9.17, 15) is 19.5 Å². The lowest BCUT2D eigenvalue weighted by atomic mass is 9.93. The van der Waals surface area contributed by atoms with Crippen molar-refractivity contribution in [2.75, 3.05) is 28.6 Å². The summed E-state index contributed by atoms with van der Waals surface area (Å²) in [4.78, 5) is 48.6. The number of amides is 2. The molecule has 0 saturated carbocycles. The number of imidazole rings is 1. The molecule has 2 aromatic carbocycles. The summed E-state index contributed by atoms with van der Waals surface area (Å²) in [5, 5.41) is 25.6. The molecule has 5 aromatic rings. The lowest BCUT2D eigenvalue weighted by Gasteiger charge is -2.33. The van der Waals surface area contributed by atoms with Gasteiger partial charge in [0.2, 0.25) is 17.8 Å². The molecule has 14 nitrogen and oxygen atoms in total. The predicted octanol–water partition coefficient (Wildman–Crippen LogP) is 4.18. The molecule has 4 N–H and O–H groups in total. The van der Waals surface area contributed by atoms with E-state index in [-0.39, 0.29) is 23.5 Å². The third-order valence-electron chi connectivity index (χ3n) is 9.68. The van der Waals surface area contributed by atoms with Crippen LogP contribution in [0.4, 0.5) is 23.1 Å². The third-order valence-corrected chi connectivity index (χ3v) is 9.96. The van der Waals surface area contributed by atoms with E-state index in [1.54, 1.807) is 40.9 Å². The zero-order valence-electron chi connectivity index (χ0n) is 28.5. The summed E-state index contributed by atoms with van der Waals surface area (Å²) in [6.45, 7) is 5.34. The molecule has 2 aliphatic rings. The maximum Gasteiger partial charge on any atom is 0.328 e. The Morgan fingerprint density at radius 3 is 2.48 bits per heavy atom. The van der Waals surface area contributed by atoms with Crippen molar-refractivity contribution in [3.63, 3.8) is 0 Å². The summed E-state index contributed by atoms with van der Waals surface area (Å²) in [5.74, 6) is 0.0859. The van der Waals surface area contributed by atoms with Gasteiger partial charge in [0.25, 0.3) is 0 Å². The number of aryl methyl sites for hydroxylation is 3. The number of hydrogen-bond donors (Lipinski definition) is 4. The average molecular weight is 701 g/mol. The zero-order chi connectivity index (χ0) is 35.3.